The first-order valence-corrected chi connectivity index (χ1v) is 8.85. The average Bonchev–Trinajstić information content (AvgIpc) is 3.14. The van der Waals surface area contributed by atoms with Crippen LogP contribution >= 0.6 is 11.3 Å². The summed E-state index contributed by atoms with van der Waals surface area (Å²) in [7, 11) is 0. The molecule has 7 heteroatoms. The van der Waals surface area contributed by atoms with Gasteiger partial charge in [0.05, 0.1) is 12.1 Å². The second-order valence-electron chi connectivity index (χ2n) is 5.84. The van der Waals surface area contributed by atoms with Gasteiger partial charge in [-0.05, 0) is 13.3 Å². The third-order valence-corrected chi connectivity index (χ3v) is 4.92. The molecular formula is C15H24N6S. The van der Waals surface area contributed by atoms with E-state index in [0.717, 1.165) is 63.9 Å². The standard InChI is InChI=1S/C15H24N6S/c1-3-4-21-13(2)17-18-15(21)11-20-7-5-19(6-8-20)10-14-9-16-12-22-14/h9,12H,3-8,10-11H2,1-2H3. The van der Waals surface area contributed by atoms with Crippen LogP contribution in [0.3, 0.4) is 0 Å². The van der Waals surface area contributed by atoms with Gasteiger partial charge in [0, 0.05) is 50.3 Å². The molecule has 1 aliphatic heterocycles. The summed E-state index contributed by atoms with van der Waals surface area (Å²) in [5, 5.41) is 8.60. The summed E-state index contributed by atoms with van der Waals surface area (Å²) in [5.74, 6) is 2.14. The lowest BCUT2D eigenvalue weighted by Gasteiger charge is -2.34. The molecule has 2 aromatic rings. The van der Waals surface area contributed by atoms with Crippen LogP contribution in [0.1, 0.15) is 29.9 Å². The van der Waals surface area contributed by atoms with Gasteiger partial charge in [0.25, 0.3) is 0 Å². The van der Waals surface area contributed by atoms with Crippen molar-refractivity contribution in [1.82, 2.24) is 29.5 Å². The second-order valence-corrected chi connectivity index (χ2v) is 6.81. The molecule has 6 nitrogen and oxygen atoms in total. The predicted molar refractivity (Wildman–Crippen MR) is 87.7 cm³/mol. The van der Waals surface area contributed by atoms with Crippen LogP contribution < -0.4 is 0 Å². The maximum absolute atomic E-state index is 4.36. The Kier molecular flexibility index (Phi) is 5.17. The zero-order valence-corrected chi connectivity index (χ0v) is 14.2. The largest absolute Gasteiger partial charge is 0.314 e. The van der Waals surface area contributed by atoms with Crippen molar-refractivity contribution in [2.45, 2.75) is 39.9 Å². The third kappa shape index (κ3) is 3.71. The number of piperazine rings is 1. The van der Waals surface area contributed by atoms with Gasteiger partial charge < -0.3 is 4.57 Å². The topological polar surface area (TPSA) is 50.1 Å². The van der Waals surface area contributed by atoms with Crippen LogP contribution in [0.4, 0.5) is 0 Å². The fourth-order valence-corrected chi connectivity index (χ4v) is 3.54. The molecule has 0 radical (unpaired) electrons. The molecule has 3 rings (SSSR count). The quantitative estimate of drug-likeness (QED) is 0.812. The molecule has 0 aromatic carbocycles. The Hall–Kier alpha value is -1.31. The predicted octanol–water partition coefficient (Wildman–Crippen LogP) is 1.77. The monoisotopic (exact) mass is 320 g/mol. The van der Waals surface area contributed by atoms with E-state index in [1.807, 2.05) is 18.6 Å². The highest BCUT2D eigenvalue weighted by molar-refractivity contribution is 7.09. The number of aromatic nitrogens is 4. The van der Waals surface area contributed by atoms with Gasteiger partial charge in [-0.2, -0.15) is 0 Å². The van der Waals surface area contributed by atoms with Gasteiger partial charge in [-0.25, -0.2) is 0 Å². The lowest BCUT2D eigenvalue weighted by molar-refractivity contribution is 0.119. The van der Waals surface area contributed by atoms with Crippen LogP contribution in [-0.2, 0) is 19.6 Å². The molecule has 1 saturated heterocycles. The zero-order chi connectivity index (χ0) is 15.4. The van der Waals surface area contributed by atoms with Crippen LogP contribution in [0.2, 0.25) is 0 Å². The summed E-state index contributed by atoms with van der Waals surface area (Å²) in [6, 6.07) is 0. The third-order valence-electron chi connectivity index (χ3n) is 4.15. The number of hydrogen-bond donors (Lipinski definition) is 0. The fourth-order valence-electron chi connectivity index (χ4n) is 2.90. The molecule has 0 bridgehead atoms. The summed E-state index contributed by atoms with van der Waals surface area (Å²) in [4.78, 5) is 10.5. The van der Waals surface area contributed by atoms with Crippen LogP contribution in [0.5, 0.6) is 0 Å². The van der Waals surface area contributed by atoms with Crippen LogP contribution in [0.25, 0.3) is 0 Å². The Labute approximate surface area is 135 Å². The minimum Gasteiger partial charge on any atom is -0.314 e. The highest BCUT2D eigenvalue weighted by atomic mass is 32.1. The lowest BCUT2D eigenvalue weighted by Crippen LogP contribution is -2.45. The molecule has 0 atom stereocenters. The van der Waals surface area contributed by atoms with Gasteiger partial charge in [0.1, 0.15) is 11.6 Å². The smallest absolute Gasteiger partial charge is 0.147 e. The summed E-state index contributed by atoms with van der Waals surface area (Å²) >= 11 is 1.74. The van der Waals surface area contributed by atoms with Crippen molar-refractivity contribution in [1.29, 1.82) is 0 Å². The van der Waals surface area contributed by atoms with Crippen molar-refractivity contribution in [2.75, 3.05) is 26.2 Å². The Balaban J connectivity index is 1.51. The summed E-state index contributed by atoms with van der Waals surface area (Å²) in [5.41, 5.74) is 1.91. The first-order chi connectivity index (χ1) is 10.8. The number of rotatable bonds is 6. The second kappa shape index (κ2) is 7.30. The molecule has 0 unspecified atom stereocenters. The molecule has 3 heterocycles. The highest BCUT2D eigenvalue weighted by Crippen LogP contribution is 2.13. The zero-order valence-electron chi connectivity index (χ0n) is 13.4. The molecule has 1 aliphatic rings. The number of nitrogens with zero attached hydrogens (tertiary/aromatic N) is 6. The fraction of sp³-hybridized carbons (Fsp3) is 0.667. The average molecular weight is 320 g/mol. The Morgan fingerprint density at radius 2 is 1.82 bits per heavy atom. The minimum atomic E-state index is 0.912. The van der Waals surface area contributed by atoms with Crippen molar-refractivity contribution in [3.8, 4) is 0 Å². The molecule has 2 aromatic heterocycles. The maximum atomic E-state index is 4.36. The van der Waals surface area contributed by atoms with E-state index < -0.39 is 0 Å². The highest BCUT2D eigenvalue weighted by Gasteiger charge is 2.19. The van der Waals surface area contributed by atoms with Crippen molar-refractivity contribution in [3.05, 3.63) is 28.2 Å². The number of thiazole rings is 1. The molecule has 0 saturated carbocycles. The molecule has 0 spiro atoms. The van der Waals surface area contributed by atoms with E-state index in [2.05, 4.69) is 36.5 Å². The van der Waals surface area contributed by atoms with E-state index in [1.54, 1.807) is 11.3 Å². The summed E-state index contributed by atoms with van der Waals surface area (Å²) < 4.78 is 2.25. The van der Waals surface area contributed by atoms with Crippen LogP contribution in [0, 0.1) is 6.92 Å². The van der Waals surface area contributed by atoms with Crippen molar-refractivity contribution in [3.63, 3.8) is 0 Å². The van der Waals surface area contributed by atoms with Gasteiger partial charge in [-0.15, -0.1) is 21.5 Å². The molecule has 0 N–H and O–H groups in total. The Morgan fingerprint density at radius 3 is 2.45 bits per heavy atom. The van der Waals surface area contributed by atoms with Crippen molar-refractivity contribution < 1.29 is 0 Å². The van der Waals surface area contributed by atoms with Crippen LogP contribution in [-0.4, -0.2) is 55.7 Å². The van der Waals surface area contributed by atoms with Gasteiger partial charge in [0.15, 0.2) is 0 Å². The van der Waals surface area contributed by atoms with E-state index in [4.69, 9.17) is 0 Å². The summed E-state index contributed by atoms with van der Waals surface area (Å²) in [6.45, 7) is 11.6. The first kappa shape index (κ1) is 15.6. The van der Waals surface area contributed by atoms with Gasteiger partial charge >= 0.3 is 0 Å². The molecule has 1 fully saturated rings. The first-order valence-electron chi connectivity index (χ1n) is 7.97. The molecular weight excluding hydrogens is 296 g/mol. The minimum absolute atomic E-state index is 0.912. The number of hydrogen-bond acceptors (Lipinski definition) is 6. The summed E-state index contributed by atoms with van der Waals surface area (Å²) in [6.07, 6.45) is 3.10. The van der Waals surface area contributed by atoms with Gasteiger partial charge in [-0.3, -0.25) is 14.8 Å². The normalized spacial score (nSPS) is 17.2. The SMILES string of the molecule is CCCn1c(C)nnc1CN1CCN(Cc2cncs2)CC1. The van der Waals surface area contributed by atoms with Crippen molar-refractivity contribution in [2.24, 2.45) is 0 Å². The maximum Gasteiger partial charge on any atom is 0.147 e. The molecule has 0 amide bonds. The van der Waals surface area contributed by atoms with E-state index in [-0.39, 0.29) is 0 Å². The number of aryl methyl sites for hydroxylation is 1. The van der Waals surface area contributed by atoms with Crippen LogP contribution in [0.15, 0.2) is 11.7 Å². The Bertz CT molecular complexity index is 571. The van der Waals surface area contributed by atoms with Gasteiger partial charge in [0.2, 0.25) is 0 Å². The molecule has 120 valence electrons. The van der Waals surface area contributed by atoms with Gasteiger partial charge in [-0.1, -0.05) is 6.92 Å². The van der Waals surface area contributed by atoms with Crippen molar-refractivity contribution >= 4 is 11.3 Å². The van der Waals surface area contributed by atoms with E-state index >= 15 is 0 Å². The van der Waals surface area contributed by atoms with E-state index in [1.165, 1.54) is 4.88 Å². The lowest BCUT2D eigenvalue weighted by atomic mass is 10.3. The van der Waals surface area contributed by atoms with E-state index in [0.29, 0.717) is 0 Å². The van der Waals surface area contributed by atoms with E-state index in [9.17, 15) is 0 Å². The molecule has 0 aliphatic carbocycles. The Morgan fingerprint density at radius 1 is 1.09 bits per heavy atom. The molecule has 22 heavy (non-hydrogen) atoms.